The number of ether oxygens (including phenoxy) is 3. The molecule has 2 aromatic carbocycles. The first kappa shape index (κ1) is 19.9. The summed E-state index contributed by atoms with van der Waals surface area (Å²) in [6.45, 7) is 0.0464. The predicted molar refractivity (Wildman–Crippen MR) is 95.7 cm³/mol. The fourth-order valence-electron chi connectivity index (χ4n) is 2.34. The van der Waals surface area contributed by atoms with E-state index in [0.29, 0.717) is 5.75 Å². The van der Waals surface area contributed by atoms with E-state index < -0.39 is 22.1 Å². The van der Waals surface area contributed by atoms with Crippen molar-refractivity contribution in [1.82, 2.24) is 4.72 Å². The molecule has 140 valence electrons. The Hall–Kier alpha value is -2.42. The molecule has 0 saturated carbocycles. The molecule has 0 radical (unpaired) electrons. The molecule has 0 aliphatic rings. The average molecular weight is 379 g/mol. The van der Waals surface area contributed by atoms with Crippen LogP contribution in [-0.2, 0) is 19.5 Å². The van der Waals surface area contributed by atoms with Crippen molar-refractivity contribution in [1.29, 1.82) is 0 Å². The maximum Gasteiger partial charge on any atom is 0.337 e. The molecule has 7 nitrogen and oxygen atoms in total. The molecule has 2 aromatic rings. The summed E-state index contributed by atoms with van der Waals surface area (Å²) >= 11 is 0. The number of esters is 1. The Morgan fingerprint density at radius 2 is 1.77 bits per heavy atom. The Labute approximate surface area is 152 Å². The van der Waals surface area contributed by atoms with Gasteiger partial charge in [-0.05, 0) is 42.0 Å². The fraction of sp³-hybridized carbons (Fsp3) is 0.278. The van der Waals surface area contributed by atoms with Gasteiger partial charge in [0.25, 0.3) is 0 Å². The first-order valence-electron chi connectivity index (χ1n) is 7.76. The van der Waals surface area contributed by atoms with E-state index in [0.717, 1.165) is 5.56 Å². The van der Waals surface area contributed by atoms with E-state index in [-0.39, 0.29) is 17.0 Å². The van der Waals surface area contributed by atoms with Gasteiger partial charge in [0.05, 0.1) is 30.8 Å². The van der Waals surface area contributed by atoms with Crippen LogP contribution in [0.15, 0.2) is 53.4 Å². The molecule has 0 amide bonds. The molecule has 0 saturated heterocycles. The number of nitrogens with one attached hydrogen (secondary N) is 1. The Morgan fingerprint density at radius 1 is 1.08 bits per heavy atom. The molecular formula is C18H21NO6S. The Balaban J connectivity index is 2.11. The summed E-state index contributed by atoms with van der Waals surface area (Å²) in [5, 5.41) is 0. The van der Waals surface area contributed by atoms with E-state index in [9.17, 15) is 13.2 Å². The minimum absolute atomic E-state index is 0.0464. The Morgan fingerprint density at radius 3 is 2.35 bits per heavy atom. The lowest BCUT2D eigenvalue weighted by Crippen LogP contribution is -2.29. The highest BCUT2D eigenvalue weighted by Crippen LogP contribution is 2.21. The molecule has 2 rings (SSSR count). The zero-order chi connectivity index (χ0) is 19.2. The van der Waals surface area contributed by atoms with Gasteiger partial charge in [-0.1, -0.05) is 12.1 Å². The third-order valence-electron chi connectivity index (χ3n) is 3.79. The monoisotopic (exact) mass is 379 g/mol. The van der Waals surface area contributed by atoms with Crippen molar-refractivity contribution in [2.75, 3.05) is 27.9 Å². The number of sulfonamides is 1. The molecule has 0 aromatic heterocycles. The van der Waals surface area contributed by atoms with E-state index in [1.165, 1.54) is 38.5 Å². The second-order valence-electron chi connectivity index (χ2n) is 5.37. The van der Waals surface area contributed by atoms with Gasteiger partial charge in [-0.2, -0.15) is 0 Å². The van der Waals surface area contributed by atoms with Crippen molar-refractivity contribution in [3.63, 3.8) is 0 Å². The first-order valence-corrected chi connectivity index (χ1v) is 9.24. The van der Waals surface area contributed by atoms with Gasteiger partial charge in [-0.15, -0.1) is 0 Å². The van der Waals surface area contributed by atoms with Crippen LogP contribution in [0.1, 0.15) is 22.0 Å². The Kier molecular flexibility index (Phi) is 6.73. The topological polar surface area (TPSA) is 90.9 Å². The van der Waals surface area contributed by atoms with Crippen molar-refractivity contribution >= 4 is 16.0 Å². The maximum atomic E-state index is 12.5. The van der Waals surface area contributed by atoms with E-state index in [1.807, 2.05) is 6.07 Å². The van der Waals surface area contributed by atoms with Crippen molar-refractivity contribution < 1.29 is 27.4 Å². The highest BCUT2D eigenvalue weighted by Gasteiger charge is 2.19. The second-order valence-corrected chi connectivity index (χ2v) is 7.14. The quantitative estimate of drug-likeness (QED) is 0.707. The van der Waals surface area contributed by atoms with Crippen LogP contribution in [0.5, 0.6) is 5.75 Å². The summed E-state index contributed by atoms with van der Waals surface area (Å²) in [6, 6.07) is 12.7. The van der Waals surface area contributed by atoms with Crippen LogP contribution in [0, 0.1) is 0 Å². The summed E-state index contributed by atoms with van der Waals surface area (Å²) in [5.41, 5.74) is 1.06. The lowest BCUT2D eigenvalue weighted by Gasteiger charge is -2.17. The van der Waals surface area contributed by atoms with Gasteiger partial charge < -0.3 is 14.2 Å². The van der Waals surface area contributed by atoms with E-state index in [1.54, 1.807) is 25.3 Å². The average Bonchev–Trinajstić information content (AvgIpc) is 2.68. The van der Waals surface area contributed by atoms with Crippen molar-refractivity contribution in [2.45, 2.75) is 11.0 Å². The predicted octanol–water partition coefficient (Wildman–Crippen LogP) is 2.15. The molecular weight excluding hydrogens is 358 g/mol. The van der Waals surface area contributed by atoms with Gasteiger partial charge >= 0.3 is 5.97 Å². The molecule has 0 bridgehead atoms. The molecule has 0 aliphatic carbocycles. The van der Waals surface area contributed by atoms with Crippen LogP contribution in [0.4, 0.5) is 0 Å². The van der Waals surface area contributed by atoms with E-state index in [2.05, 4.69) is 9.46 Å². The standard InChI is InChI=1S/C18H21NO6S/c1-23-15-6-4-5-14(11-15)17(24-2)12-19-26(21,22)16-9-7-13(8-10-16)18(20)25-3/h4-11,17,19H,12H2,1-3H3/t17-/m0/s1. The third kappa shape index (κ3) is 4.81. The van der Waals surface area contributed by atoms with Gasteiger partial charge in [0.1, 0.15) is 5.75 Å². The number of benzene rings is 2. The number of carbonyl (C=O) groups excluding carboxylic acids is 1. The lowest BCUT2D eigenvalue weighted by atomic mass is 10.1. The second kappa shape index (κ2) is 8.79. The number of hydrogen-bond acceptors (Lipinski definition) is 6. The minimum Gasteiger partial charge on any atom is -0.497 e. The van der Waals surface area contributed by atoms with Gasteiger partial charge in [0, 0.05) is 13.7 Å². The van der Waals surface area contributed by atoms with Gasteiger partial charge in [0.2, 0.25) is 10.0 Å². The molecule has 0 aliphatic heterocycles. The maximum absolute atomic E-state index is 12.5. The molecule has 26 heavy (non-hydrogen) atoms. The van der Waals surface area contributed by atoms with Crippen molar-refractivity contribution in [3.05, 3.63) is 59.7 Å². The van der Waals surface area contributed by atoms with E-state index >= 15 is 0 Å². The lowest BCUT2D eigenvalue weighted by molar-refractivity contribution is 0.0600. The molecule has 0 heterocycles. The van der Waals surface area contributed by atoms with E-state index in [4.69, 9.17) is 9.47 Å². The summed E-state index contributed by atoms with van der Waals surface area (Å²) in [5.74, 6) is 0.130. The number of methoxy groups -OCH3 is 3. The molecule has 0 spiro atoms. The van der Waals surface area contributed by atoms with Crippen LogP contribution >= 0.6 is 0 Å². The van der Waals surface area contributed by atoms with Crippen LogP contribution < -0.4 is 9.46 Å². The Bertz CT molecular complexity index is 848. The first-order chi connectivity index (χ1) is 12.4. The van der Waals surface area contributed by atoms with Crippen molar-refractivity contribution in [3.8, 4) is 5.75 Å². The van der Waals surface area contributed by atoms with Crippen LogP contribution in [-0.4, -0.2) is 42.3 Å². The minimum atomic E-state index is -3.75. The molecule has 1 atom stereocenters. The largest absolute Gasteiger partial charge is 0.497 e. The summed E-state index contributed by atoms with van der Waals surface area (Å²) in [4.78, 5) is 11.5. The normalized spacial score (nSPS) is 12.4. The van der Waals surface area contributed by atoms with Crippen LogP contribution in [0.3, 0.4) is 0 Å². The highest BCUT2D eigenvalue weighted by atomic mass is 32.2. The molecule has 8 heteroatoms. The zero-order valence-electron chi connectivity index (χ0n) is 14.8. The van der Waals surface area contributed by atoms with Crippen LogP contribution in [0.25, 0.3) is 0 Å². The smallest absolute Gasteiger partial charge is 0.337 e. The number of carbonyl (C=O) groups is 1. The van der Waals surface area contributed by atoms with Gasteiger partial charge in [-0.3, -0.25) is 0 Å². The summed E-state index contributed by atoms with van der Waals surface area (Å²) in [7, 11) is 0.571. The SMILES string of the molecule is COC(=O)c1ccc(S(=O)(=O)NC[C@H](OC)c2cccc(OC)c2)cc1. The zero-order valence-corrected chi connectivity index (χ0v) is 15.6. The number of rotatable bonds is 8. The fourth-order valence-corrected chi connectivity index (χ4v) is 3.37. The summed E-state index contributed by atoms with van der Waals surface area (Å²) in [6.07, 6.45) is -0.478. The van der Waals surface area contributed by atoms with Crippen molar-refractivity contribution in [2.24, 2.45) is 0 Å². The molecule has 1 N–H and O–H groups in total. The molecule has 0 fully saturated rings. The highest BCUT2D eigenvalue weighted by molar-refractivity contribution is 7.89. The molecule has 0 unspecified atom stereocenters. The third-order valence-corrected chi connectivity index (χ3v) is 5.23. The van der Waals surface area contributed by atoms with Gasteiger partial charge in [0.15, 0.2) is 0 Å². The van der Waals surface area contributed by atoms with Gasteiger partial charge in [-0.25, -0.2) is 17.9 Å². The summed E-state index contributed by atoms with van der Waals surface area (Å²) < 4.78 is 42.6. The number of hydrogen-bond donors (Lipinski definition) is 1. The van der Waals surface area contributed by atoms with Crippen LogP contribution in [0.2, 0.25) is 0 Å².